The SMILES string of the molecule is CC1(C)c2ccccc2-c2ccc(-c3ccc(-c4ccc(-c5nc(-c6ccc(F)cc6)nc(-c6ccc(F)cc6)n5)cc4)cc3)cc21. The first-order chi connectivity index (χ1) is 22.8. The van der Waals surface area contributed by atoms with E-state index >= 15 is 0 Å². The van der Waals surface area contributed by atoms with E-state index in [1.54, 1.807) is 24.3 Å². The molecule has 0 N–H and O–H groups in total. The Labute approximate surface area is 272 Å². The molecule has 1 aliphatic rings. The number of rotatable bonds is 5. The third-order valence-electron chi connectivity index (χ3n) is 9.12. The van der Waals surface area contributed by atoms with Crippen LogP contribution in [-0.2, 0) is 5.41 Å². The van der Waals surface area contributed by atoms with Gasteiger partial charge in [0.25, 0.3) is 0 Å². The van der Waals surface area contributed by atoms with Crippen molar-refractivity contribution in [3.63, 3.8) is 0 Å². The molecule has 7 aromatic rings. The fraction of sp³-hybridized carbons (Fsp3) is 0.0714. The van der Waals surface area contributed by atoms with Crippen molar-refractivity contribution in [2.75, 3.05) is 0 Å². The van der Waals surface area contributed by atoms with E-state index < -0.39 is 0 Å². The second-order valence-electron chi connectivity index (χ2n) is 12.4. The monoisotopic (exact) mass is 613 g/mol. The van der Waals surface area contributed by atoms with E-state index in [0.717, 1.165) is 16.7 Å². The van der Waals surface area contributed by atoms with E-state index in [1.165, 1.54) is 57.6 Å². The maximum absolute atomic E-state index is 13.6. The Bertz CT molecular complexity index is 2190. The van der Waals surface area contributed by atoms with Crippen LogP contribution in [0.2, 0.25) is 0 Å². The Balaban J connectivity index is 1.09. The fourth-order valence-electron chi connectivity index (χ4n) is 6.51. The molecule has 0 spiro atoms. The molecule has 0 bridgehead atoms. The molecule has 0 saturated heterocycles. The number of hydrogen-bond donors (Lipinski definition) is 0. The second-order valence-corrected chi connectivity index (χ2v) is 12.4. The topological polar surface area (TPSA) is 38.7 Å². The average molecular weight is 614 g/mol. The molecule has 1 heterocycles. The summed E-state index contributed by atoms with van der Waals surface area (Å²) in [5, 5.41) is 0. The molecule has 1 aliphatic carbocycles. The van der Waals surface area contributed by atoms with E-state index in [4.69, 9.17) is 9.97 Å². The second kappa shape index (κ2) is 11.2. The van der Waals surface area contributed by atoms with Crippen molar-refractivity contribution >= 4 is 0 Å². The quantitative estimate of drug-likeness (QED) is 0.194. The van der Waals surface area contributed by atoms with Crippen molar-refractivity contribution in [3.8, 4) is 67.5 Å². The molecular weight excluding hydrogens is 584 g/mol. The molecule has 0 atom stereocenters. The smallest absolute Gasteiger partial charge is 0.164 e. The third kappa shape index (κ3) is 5.20. The largest absolute Gasteiger partial charge is 0.208 e. The van der Waals surface area contributed by atoms with Crippen LogP contribution in [0.5, 0.6) is 0 Å². The highest BCUT2D eigenvalue weighted by Gasteiger charge is 2.35. The molecule has 0 radical (unpaired) electrons. The summed E-state index contributed by atoms with van der Waals surface area (Å²) < 4.78 is 27.3. The predicted octanol–water partition coefficient (Wildman–Crippen LogP) is 10.8. The Morgan fingerprint density at radius 3 is 1.23 bits per heavy atom. The van der Waals surface area contributed by atoms with Crippen LogP contribution in [0.1, 0.15) is 25.0 Å². The maximum Gasteiger partial charge on any atom is 0.164 e. The van der Waals surface area contributed by atoms with E-state index in [2.05, 4.69) is 97.7 Å². The zero-order chi connectivity index (χ0) is 32.1. The van der Waals surface area contributed by atoms with Crippen molar-refractivity contribution < 1.29 is 8.78 Å². The van der Waals surface area contributed by atoms with Crippen molar-refractivity contribution in [3.05, 3.63) is 162 Å². The summed E-state index contributed by atoms with van der Waals surface area (Å²) in [7, 11) is 0. The standard InChI is InChI=1S/C42H29F2N3/c1-42(2)37-6-4-3-5-35(37)36-24-19-32(25-38(36)42)28-9-7-26(8-10-28)27-11-13-29(14-12-27)39-45-40(30-15-20-33(43)21-16-30)47-41(46-39)31-17-22-34(44)23-18-31/h3-25H,1-2H3. The zero-order valence-corrected chi connectivity index (χ0v) is 25.9. The minimum Gasteiger partial charge on any atom is -0.208 e. The molecule has 226 valence electrons. The highest BCUT2D eigenvalue weighted by molar-refractivity contribution is 5.84. The summed E-state index contributed by atoms with van der Waals surface area (Å²) in [4.78, 5) is 14.1. The van der Waals surface area contributed by atoms with Crippen molar-refractivity contribution in [1.29, 1.82) is 0 Å². The highest BCUT2D eigenvalue weighted by Crippen LogP contribution is 2.49. The lowest BCUT2D eigenvalue weighted by atomic mass is 9.81. The maximum atomic E-state index is 13.6. The van der Waals surface area contributed by atoms with Gasteiger partial charge < -0.3 is 0 Å². The van der Waals surface area contributed by atoms with Crippen LogP contribution >= 0.6 is 0 Å². The van der Waals surface area contributed by atoms with Crippen LogP contribution in [0.3, 0.4) is 0 Å². The predicted molar refractivity (Wildman–Crippen MR) is 184 cm³/mol. The molecule has 0 saturated carbocycles. The highest BCUT2D eigenvalue weighted by atomic mass is 19.1. The lowest BCUT2D eigenvalue weighted by molar-refractivity contribution is 0.627. The Morgan fingerprint density at radius 2 is 0.745 bits per heavy atom. The number of hydrogen-bond acceptors (Lipinski definition) is 3. The number of aromatic nitrogens is 3. The van der Waals surface area contributed by atoms with Gasteiger partial charge in [0.2, 0.25) is 0 Å². The Hall–Kier alpha value is -5.81. The number of nitrogens with zero attached hydrogens (tertiary/aromatic N) is 3. The molecule has 47 heavy (non-hydrogen) atoms. The van der Waals surface area contributed by atoms with Crippen LogP contribution in [0.25, 0.3) is 67.5 Å². The van der Waals surface area contributed by atoms with Crippen molar-refractivity contribution in [2.24, 2.45) is 0 Å². The minimum atomic E-state index is -0.340. The Morgan fingerprint density at radius 1 is 0.383 bits per heavy atom. The number of halogens is 2. The molecule has 3 nitrogen and oxygen atoms in total. The van der Waals surface area contributed by atoms with Gasteiger partial charge in [-0.2, -0.15) is 0 Å². The van der Waals surface area contributed by atoms with Crippen LogP contribution in [0.15, 0.2) is 140 Å². The van der Waals surface area contributed by atoms with E-state index in [-0.39, 0.29) is 17.0 Å². The first-order valence-corrected chi connectivity index (χ1v) is 15.6. The van der Waals surface area contributed by atoms with Crippen LogP contribution in [-0.4, -0.2) is 15.0 Å². The van der Waals surface area contributed by atoms with Crippen molar-refractivity contribution in [1.82, 2.24) is 15.0 Å². The van der Waals surface area contributed by atoms with Gasteiger partial charge in [-0.25, -0.2) is 23.7 Å². The summed E-state index contributed by atoms with van der Waals surface area (Å²) in [6, 6.07) is 44.3. The van der Waals surface area contributed by atoms with E-state index in [0.29, 0.717) is 28.6 Å². The Kier molecular flexibility index (Phi) is 6.84. The zero-order valence-electron chi connectivity index (χ0n) is 25.9. The van der Waals surface area contributed by atoms with Crippen molar-refractivity contribution in [2.45, 2.75) is 19.3 Å². The molecule has 0 fully saturated rings. The summed E-state index contributed by atoms with van der Waals surface area (Å²) in [5.74, 6) is 0.614. The fourth-order valence-corrected chi connectivity index (χ4v) is 6.51. The van der Waals surface area contributed by atoms with Gasteiger partial charge in [0.05, 0.1) is 0 Å². The van der Waals surface area contributed by atoms with Gasteiger partial charge in [0.15, 0.2) is 17.5 Å². The molecule has 8 rings (SSSR count). The summed E-state index contributed by atoms with van der Waals surface area (Å²) in [5.41, 5.74) is 12.0. The van der Waals surface area contributed by atoms with Crippen LogP contribution in [0.4, 0.5) is 8.78 Å². The van der Waals surface area contributed by atoms with Gasteiger partial charge >= 0.3 is 0 Å². The number of fused-ring (bicyclic) bond motifs is 3. The van der Waals surface area contributed by atoms with Crippen LogP contribution < -0.4 is 0 Å². The third-order valence-corrected chi connectivity index (χ3v) is 9.12. The average Bonchev–Trinajstić information content (AvgIpc) is 3.34. The summed E-state index contributed by atoms with van der Waals surface area (Å²) in [6.45, 7) is 4.61. The number of benzene rings is 6. The first-order valence-electron chi connectivity index (χ1n) is 15.6. The molecular formula is C42H29F2N3. The summed E-state index contributed by atoms with van der Waals surface area (Å²) in [6.07, 6.45) is 0. The molecule has 1 aromatic heterocycles. The molecule has 5 heteroatoms. The summed E-state index contributed by atoms with van der Waals surface area (Å²) >= 11 is 0. The lowest BCUT2D eigenvalue weighted by Crippen LogP contribution is -2.14. The molecule has 6 aromatic carbocycles. The van der Waals surface area contributed by atoms with E-state index in [9.17, 15) is 8.78 Å². The minimum absolute atomic E-state index is 0.0400. The van der Waals surface area contributed by atoms with Gasteiger partial charge in [-0.15, -0.1) is 0 Å². The first kappa shape index (κ1) is 28.6. The van der Waals surface area contributed by atoms with Gasteiger partial charge in [-0.05, 0) is 99.1 Å². The molecule has 0 aliphatic heterocycles. The molecule has 0 amide bonds. The molecule has 0 unspecified atom stereocenters. The van der Waals surface area contributed by atoms with Gasteiger partial charge in [-0.3, -0.25) is 0 Å². The van der Waals surface area contributed by atoms with E-state index in [1.807, 2.05) is 12.1 Å². The normalized spacial score (nSPS) is 12.9. The van der Waals surface area contributed by atoms with Gasteiger partial charge in [0.1, 0.15) is 11.6 Å². The van der Waals surface area contributed by atoms with Crippen LogP contribution in [0, 0.1) is 11.6 Å². The van der Waals surface area contributed by atoms with Gasteiger partial charge in [0, 0.05) is 22.1 Å². The van der Waals surface area contributed by atoms with Gasteiger partial charge in [-0.1, -0.05) is 98.8 Å². The lowest BCUT2D eigenvalue weighted by Gasteiger charge is -2.22.